The average molecular weight is 276 g/mol. The van der Waals surface area contributed by atoms with Crippen LogP contribution in [0.1, 0.15) is 49.0 Å². The van der Waals surface area contributed by atoms with Gasteiger partial charge in [0.2, 0.25) is 11.8 Å². The number of hydrogen-bond acceptors (Lipinski definition) is 6. The van der Waals surface area contributed by atoms with E-state index in [0.29, 0.717) is 5.92 Å². The van der Waals surface area contributed by atoms with Crippen LogP contribution in [0.15, 0.2) is 15.1 Å². The summed E-state index contributed by atoms with van der Waals surface area (Å²) in [6.45, 7) is 6.69. The fourth-order valence-corrected chi connectivity index (χ4v) is 2.65. The third-order valence-corrected chi connectivity index (χ3v) is 3.68. The molecular formula is C14H20N4O2. The van der Waals surface area contributed by atoms with Crippen molar-refractivity contribution in [3.63, 3.8) is 0 Å². The Kier molecular flexibility index (Phi) is 3.82. The Morgan fingerprint density at radius 3 is 3.00 bits per heavy atom. The predicted octanol–water partition coefficient (Wildman–Crippen LogP) is 2.31. The van der Waals surface area contributed by atoms with Crippen LogP contribution in [0.4, 0.5) is 0 Å². The molecule has 0 bridgehead atoms. The maximum atomic E-state index is 5.55. The zero-order valence-corrected chi connectivity index (χ0v) is 12.0. The van der Waals surface area contributed by atoms with Crippen LogP contribution in [0.2, 0.25) is 0 Å². The highest BCUT2D eigenvalue weighted by Crippen LogP contribution is 2.25. The Balaban J connectivity index is 1.64. The predicted molar refractivity (Wildman–Crippen MR) is 72.2 cm³/mol. The maximum absolute atomic E-state index is 5.55. The van der Waals surface area contributed by atoms with Crippen molar-refractivity contribution >= 4 is 0 Å². The number of hydrogen-bond donors (Lipinski definition) is 0. The van der Waals surface area contributed by atoms with Crippen molar-refractivity contribution in [3.8, 4) is 0 Å². The van der Waals surface area contributed by atoms with Crippen molar-refractivity contribution in [1.82, 2.24) is 20.0 Å². The normalized spacial score (nSPS) is 20.4. The van der Waals surface area contributed by atoms with Crippen LogP contribution in [-0.4, -0.2) is 33.1 Å². The van der Waals surface area contributed by atoms with E-state index in [9.17, 15) is 0 Å². The van der Waals surface area contributed by atoms with Crippen molar-refractivity contribution in [3.05, 3.63) is 29.6 Å². The van der Waals surface area contributed by atoms with Gasteiger partial charge in [0.15, 0.2) is 5.82 Å². The van der Waals surface area contributed by atoms with E-state index in [-0.39, 0.29) is 0 Å². The Hall–Kier alpha value is -1.69. The molecule has 0 spiro atoms. The smallest absolute Gasteiger partial charge is 0.226 e. The van der Waals surface area contributed by atoms with Crippen molar-refractivity contribution in [1.29, 1.82) is 0 Å². The number of nitrogens with zero attached hydrogens (tertiary/aromatic N) is 4. The van der Waals surface area contributed by atoms with Crippen molar-refractivity contribution in [2.75, 3.05) is 13.1 Å². The molecule has 0 amide bonds. The molecule has 0 N–H and O–H groups in total. The second-order valence-electron chi connectivity index (χ2n) is 5.34. The van der Waals surface area contributed by atoms with E-state index in [1.165, 1.54) is 0 Å². The fourth-order valence-electron chi connectivity index (χ4n) is 2.65. The summed E-state index contributed by atoms with van der Waals surface area (Å²) in [6, 6.07) is 0. The summed E-state index contributed by atoms with van der Waals surface area (Å²) >= 11 is 0. The maximum Gasteiger partial charge on any atom is 0.226 e. The summed E-state index contributed by atoms with van der Waals surface area (Å²) in [5.74, 6) is 3.56. The molecule has 2 aromatic rings. The van der Waals surface area contributed by atoms with Crippen molar-refractivity contribution in [2.24, 2.45) is 0 Å². The number of oxazole rings is 1. The lowest BCUT2D eigenvalue weighted by atomic mass is 9.97. The first-order valence-corrected chi connectivity index (χ1v) is 7.20. The highest BCUT2D eigenvalue weighted by atomic mass is 16.5. The quantitative estimate of drug-likeness (QED) is 0.853. The summed E-state index contributed by atoms with van der Waals surface area (Å²) in [5.41, 5.74) is 0. The number of aromatic nitrogens is 3. The van der Waals surface area contributed by atoms with E-state index in [2.05, 4.69) is 20.0 Å². The molecule has 2 aromatic heterocycles. The second-order valence-corrected chi connectivity index (χ2v) is 5.34. The van der Waals surface area contributed by atoms with Gasteiger partial charge >= 0.3 is 0 Å². The minimum Gasteiger partial charge on any atom is -0.445 e. The van der Waals surface area contributed by atoms with Crippen LogP contribution >= 0.6 is 0 Å². The first-order valence-electron chi connectivity index (χ1n) is 7.20. The highest BCUT2D eigenvalue weighted by molar-refractivity contribution is 4.99. The van der Waals surface area contributed by atoms with Crippen molar-refractivity contribution in [2.45, 2.75) is 45.6 Å². The minimum atomic E-state index is 0.351. The van der Waals surface area contributed by atoms with E-state index >= 15 is 0 Å². The molecule has 1 atom stereocenters. The van der Waals surface area contributed by atoms with E-state index in [1.807, 2.05) is 13.8 Å². The monoisotopic (exact) mass is 276 g/mol. The first-order chi connectivity index (χ1) is 9.74. The van der Waals surface area contributed by atoms with E-state index in [1.54, 1.807) is 6.20 Å². The standard InChI is InChI=1S/C14H20N4O2/c1-3-12-16-14(17-20-12)11-5-4-6-18(8-11)9-13-15-7-10(2)19-13/h7,11H,3-6,8-9H2,1-2H3/t11-/m0/s1. The summed E-state index contributed by atoms with van der Waals surface area (Å²) in [5, 5.41) is 4.10. The van der Waals surface area contributed by atoms with Gasteiger partial charge < -0.3 is 8.94 Å². The number of piperidine rings is 1. The lowest BCUT2D eigenvalue weighted by Crippen LogP contribution is -2.34. The van der Waals surface area contributed by atoms with E-state index in [0.717, 1.165) is 62.3 Å². The number of likely N-dealkylation sites (tertiary alicyclic amines) is 1. The fraction of sp³-hybridized carbons (Fsp3) is 0.643. The van der Waals surface area contributed by atoms with Crippen LogP contribution in [0.3, 0.4) is 0 Å². The molecule has 0 saturated carbocycles. The SMILES string of the molecule is CCc1nc([C@H]2CCCN(Cc3ncc(C)o3)C2)no1. The molecule has 6 nitrogen and oxygen atoms in total. The van der Waals surface area contributed by atoms with Gasteiger partial charge in [-0.15, -0.1) is 0 Å². The molecule has 3 heterocycles. The molecule has 0 unspecified atom stereocenters. The molecule has 20 heavy (non-hydrogen) atoms. The number of aryl methyl sites for hydroxylation is 2. The Bertz CT molecular complexity index is 563. The van der Waals surface area contributed by atoms with Gasteiger partial charge in [-0.1, -0.05) is 12.1 Å². The molecule has 1 aliphatic rings. The van der Waals surface area contributed by atoms with Gasteiger partial charge in [-0.05, 0) is 26.3 Å². The summed E-state index contributed by atoms with van der Waals surface area (Å²) in [6.07, 6.45) is 4.81. The average Bonchev–Trinajstić information content (AvgIpc) is 3.08. The molecule has 6 heteroatoms. The van der Waals surface area contributed by atoms with Gasteiger partial charge in [0, 0.05) is 18.9 Å². The Morgan fingerprint density at radius 1 is 1.40 bits per heavy atom. The van der Waals surface area contributed by atoms with E-state index < -0.39 is 0 Å². The molecular weight excluding hydrogens is 256 g/mol. The second kappa shape index (κ2) is 5.75. The van der Waals surface area contributed by atoms with Crippen LogP contribution in [-0.2, 0) is 13.0 Å². The third kappa shape index (κ3) is 2.90. The first kappa shape index (κ1) is 13.3. The highest BCUT2D eigenvalue weighted by Gasteiger charge is 2.26. The molecule has 108 valence electrons. The van der Waals surface area contributed by atoms with Gasteiger partial charge in [-0.25, -0.2) is 4.98 Å². The molecule has 1 saturated heterocycles. The largest absolute Gasteiger partial charge is 0.445 e. The van der Waals surface area contributed by atoms with Gasteiger partial charge in [-0.2, -0.15) is 4.98 Å². The lowest BCUT2D eigenvalue weighted by Gasteiger charge is -2.30. The molecule has 3 rings (SSSR count). The minimum absolute atomic E-state index is 0.351. The van der Waals surface area contributed by atoms with Gasteiger partial charge in [0.05, 0.1) is 12.7 Å². The summed E-state index contributed by atoms with van der Waals surface area (Å²) < 4.78 is 10.8. The Morgan fingerprint density at radius 2 is 2.30 bits per heavy atom. The van der Waals surface area contributed by atoms with Crippen LogP contribution in [0.25, 0.3) is 0 Å². The van der Waals surface area contributed by atoms with Gasteiger partial charge in [0.25, 0.3) is 0 Å². The zero-order valence-electron chi connectivity index (χ0n) is 12.0. The van der Waals surface area contributed by atoms with Crippen LogP contribution in [0, 0.1) is 6.92 Å². The Labute approximate surface area is 118 Å². The van der Waals surface area contributed by atoms with E-state index in [4.69, 9.17) is 8.94 Å². The van der Waals surface area contributed by atoms with Crippen molar-refractivity contribution < 1.29 is 8.94 Å². The van der Waals surface area contributed by atoms with Crippen LogP contribution < -0.4 is 0 Å². The summed E-state index contributed by atoms with van der Waals surface area (Å²) in [4.78, 5) is 11.1. The number of rotatable bonds is 4. The molecule has 1 aliphatic heterocycles. The lowest BCUT2D eigenvalue weighted by molar-refractivity contribution is 0.178. The zero-order chi connectivity index (χ0) is 13.9. The van der Waals surface area contributed by atoms with Crippen LogP contribution in [0.5, 0.6) is 0 Å². The summed E-state index contributed by atoms with van der Waals surface area (Å²) in [7, 11) is 0. The van der Waals surface area contributed by atoms with Gasteiger partial charge in [-0.3, -0.25) is 4.90 Å². The molecule has 0 radical (unpaired) electrons. The molecule has 0 aromatic carbocycles. The van der Waals surface area contributed by atoms with Gasteiger partial charge in [0.1, 0.15) is 5.76 Å². The molecule has 1 fully saturated rings. The topological polar surface area (TPSA) is 68.2 Å². The third-order valence-electron chi connectivity index (χ3n) is 3.68. The molecule has 0 aliphatic carbocycles.